The monoisotopic (exact) mass is 293 g/mol. The molecule has 0 spiro atoms. The lowest BCUT2D eigenvalue weighted by atomic mass is 10.0. The molecule has 1 aromatic heterocycles. The molecule has 2 aromatic carbocycles. The van der Waals surface area contributed by atoms with Gasteiger partial charge in [0, 0.05) is 0 Å². The molecule has 22 heavy (non-hydrogen) atoms. The lowest BCUT2D eigenvalue weighted by Gasteiger charge is -2.25. The molecule has 5 heteroatoms. The van der Waals surface area contributed by atoms with Gasteiger partial charge in [-0.25, -0.2) is 9.55 Å². The lowest BCUT2D eigenvalue weighted by molar-refractivity contribution is 0.0893. The van der Waals surface area contributed by atoms with Crippen molar-refractivity contribution in [2.45, 2.75) is 12.5 Å². The Hall–Kier alpha value is -2.82. The lowest BCUT2D eigenvalue weighted by Crippen LogP contribution is -2.27. The van der Waals surface area contributed by atoms with Gasteiger partial charge < -0.3 is 10.1 Å². The molecule has 1 aliphatic rings. The number of benzene rings is 2. The zero-order valence-corrected chi connectivity index (χ0v) is 12.1. The molecule has 4 rings (SSSR count). The van der Waals surface area contributed by atoms with Crippen LogP contribution in [-0.2, 0) is 0 Å². The highest BCUT2D eigenvalue weighted by molar-refractivity contribution is 5.95. The summed E-state index contributed by atoms with van der Waals surface area (Å²) in [6, 6.07) is 15.4. The first-order valence-electron chi connectivity index (χ1n) is 7.17. The smallest absolute Gasteiger partial charge is 0.236 e. The number of carbonyl (C=O) groups excluding carboxylic acids is 1. The Kier molecular flexibility index (Phi) is 2.85. The van der Waals surface area contributed by atoms with Crippen molar-refractivity contribution in [3.05, 3.63) is 54.1 Å². The van der Waals surface area contributed by atoms with E-state index in [0.29, 0.717) is 12.4 Å². The topological polar surface area (TPSA) is 56.2 Å². The van der Waals surface area contributed by atoms with Gasteiger partial charge in [0.2, 0.25) is 11.9 Å². The van der Waals surface area contributed by atoms with Crippen molar-refractivity contribution in [2.75, 3.05) is 12.4 Å². The molecule has 0 fully saturated rings. The fourth-order valence-corrected chi connectivity index (χ4v) is 2.89. The molecule has 0 aliphatic carbocycles. The summed E-state index contributed by atoms with van der Waals surface area (Å²) in [7, 11) is 1.64. The molecule has 0 bridgehead atoms. The molecule has 1 atom stereocenters. The maximum absolute atomic E-state index is 12.5. The zero-order valence-electron chi connectivity index (χ0n) is 12.1. The summed E-state index contributed by atoms with van der Waals surface area (Å²) >= 11 is 0. The van der Waals surface area contributed by atoms with Gasteiger partial charge in [-0.1, -0.05) is 24.3 Å². The summed E-state index contributed by atoms with van der Waals surface area (Å²) in [6.45, 7) is 0. The Balaban J connectivity index is 1.73. The van der Waals surface area contributed by atoms with Gasteiger partial charge in [0.25, 0.3) is 0 Å². The van der Waals surface area contributed by atoms with Crippen molar-refractivity contribution in [1.29, 1.82) is 0 Å². The van der Waals surface area contributed by atoms with Crippen LogP contribution in [0, 0.1) is 0 Å². The Morgan fingerprint density at radius 2 is 1.95 bits per heavy atom. The predicted molar refractivity (Wildman–Crippen MR) is 84.3 cm³/mol. The number of nitrogens with zero attached hydrogens (tertiary/aromatic N) is 2. The molecule has 1 N–H and O–H groups in total. The van der Waals surface area contributed by atoms with Gasteiger partial charge in [-0.05, 0) is 29.8 Å². The van der Waals surface area contributed by atoms with Crippen molar-refractivity contribution < 1.29 is 9.53 Å². The molecule has 1 aliphatic heterocycles. The van der Waals surface area contributed by atoms with Crippen molar-refractivity contribution in [3.8, 4) is 5.75 Å². The fourth-order valence-electron chi connectivity index (χ4n) is 2.89. The average molecular weight is 293 g/mol. The Morgan fingerprint density at radius 3 is 2.73 bits per heavy atom. The number of hydrogen-bond acceptors (Lipinski definition) is 4. The van der Waals surface area contributed by atoms with E-state index in [4.69, 9.17) is 4.74 Å². The van der Waals surface area contributed by atoms with E-state index >= 15 is 0 Å². The number of aromatic nitrogens is 2. The molecule has 110 valence electrons. The average Bonchev–Trinajstić information content (AvgIpc) is 2.93. The largest absolute Gasteiger partial charge is 0.497 e. The minimum absolute atomic E-state index is 0.0586. The Labute approximate surface area is 127 Å². The number of methoxy groups -OCH3 is 1. The third-order valence-electron chi connectivity index (χ3n) is 4.01. The van der Waals surface area contributed by atoms with Crippen molar-refractivity contribution in [3.63, 3.8) is 0 Å². The summed E-state index contributed by atoms with van der Waals surface area (Å²) in [5, 5.41) is 3.36. The molecule has 1 unspecified atom stereocenters. The van der Waals surface area contributed by atoms with E-state index in [1.807, 2.05) is 48.5 Å². The van der Waals surface area contributed by atoms with E-state index in [0.717, 1.165) is 22.3 Å². The molecule has 0 radical (unpaired) electrons. The van der Waals surface area contributed by atoms with Crippen molar-refractivity contribution >= 4 is 22.9 Å². The molecule has 2 heterocycles. The van der Waals surface area contributed by atoms with Crippen LogP contribution in [0.25, 0.3) is 11.0 Å². The van der Waals surface area contributed by atoms with Gasteiger partial charge >= 0.3 is 0 Å². The maximum atomic E-state index is 12.5. The summed E-state index contributed by atoms with van der Waals surface area (Å²) in [4.78, 5) is 17.0. The summed E-state index contributed by atoms with van der Waals surface area (Å²) in [6.07, 6.45) is 0.402. The van der Waals surface area contributed by atoms with Gasteiger partial charge in [0.15, 0.2) is 0 Å². The molecule has 0 amide bonds. The number of carbonyl (C=O) groups is 1. The van der Waals surface area contributed by atoms with Crippen LogP contribution in [-0.4, -0.2) is 22.6 Å². The first kappa shape index (κ1) is 12.9. The second kappa shape index (κ2) is 4.87. The highest BCUT2D eigenvalue weighted by atomic mass is 16.5. The summed E-state index contributed by atoms with van der Waals surface area (Å²) in [5.41, 5.74) is 2.73. The van der Waals surface area contributed by atoms with Crippen LogP contribution in [0.2, 0.25) is 0 Å². The van der Waals surface area contributed by atoms with E-state index in [2.05, 4.69) is 10.3 Å². The van der Waals surface area contributed by atoms with Crippen LogP contribution in [0.3, 0.4) is 0 Å². The van der Waals surface area contributed by atoms with Gasteiger partial charge in [0.05, 0.1) is 30.6 Å². The van der Waals surface area contributed by atoms with Crippen LogP contribution < -0.4 is 10.1 Å². The normalized spacial score (nSPS) is 17.1. The van der Waals surface area contributed by atoms with Crippen LogP contribution in [0.5, 0.6) is 5.75 Å². The van der Waals surface area contributed by atoms with Crippen molar-refractivity contribution in [2.24, 2.45) is 0 Å². The minimum Gasteiger partial charge on any atom is -0.497 e. The van der Waals surface area contributed by atoms with Crippen LogP contribution in [0.15, 0.2) is 48.5 Å². The number of rotatable bonds is 2. The SMILES string of the molecule is COc1ccc(C2CC(=O)n3c(nc4ccccc43)N2)cc1. The third kappa shape index (κ3) is 1.94. The zero-order chi connectivity index (χ0) is 15.1. The summed E-state index contributed by atoms with van der Waals surface area (Å²) < 4.78 is 6.83. The number of nitrogens with one attached hydrogen (secondary N) is 1. The number of para-hydroxylation sites is 2. The van der Waals surface area contributed by atoms with Crippen molar-refractivity contribution in [1.82, 2.24) is 9.55 Å². The second-order valence-electron chi connectivity index (χ2n) is 5.33. The van der Waals surface area contributed by atoms with Crippen LogP contribution in [0.1, 0.15) is 22.8 Å². The number of hydrogen-bond donors (Lipinski definition) is 1. The second-order valence-corrected chi connectivity index (χ2v) is 5.33. The number of imidazole rings is 1. The highest BCUT2D eigenvalue weighted by Gasteiger charge is 2.28. The number of fused-ring (bicyclic) bond motifs is 3. The number of anilines is 1. The van der Waals surface area contributed by atoms with E-state index in [1.165, 1.54) is 0 Å². The Morgan fingerprint density at radius 1 is 1.18 bits per heavy atom. The van der Waals surface area contributed by atoms with Crippen LogP contribution in [0.4, 0.5) is 5.95 Å². The van der Waals surface area contributed by atoms with Crippen LogP contribution >= 0.6 is 0 Å². The van der Waals surface area contributed by atoms with Gasteiger partial charge in [0.1, 0.15) is 5.75 Å². The van der Waals surface area contributed by atoms with E-state index < -0.39 is 0 Å². The molecular weight excluding hydrogens is 278 g/mol. The molecule has 0 saturated heterocycles. The number of ether oxygens (including phenoxy) is 1. The maximum Gasteiger partial charge on any atom is 0.236 e. The standard InChI is InChI=1S/C17H15N3O2/c1-22-12-8-6-11(7-9-12)14-10-16(21)20-15-5-3-2-4-13(15)18-17(20)19-14/h2-9,14H,10H2,1H3,(H,18,19). The fraction of sp³-hybridized carbons (Fsp3) is 0.176. The molecule has 5 nitrogen and oxygen atoms in total. The van der Waals surface area contributed by atoms with Gasteiger partial charge in [-0.15, -0.1) is 0 Å². The van der Waals surface area contributed by atoms with E-state index in [1.54, 1.807) is 11.7 Å². The quantitative estimate of drug-likeness (QED) is 0.788. The molecule has 3 aromatic rings. The summed E-state index contributed by atoms with van der Waals surface area (Å²) in [5.74, 6) is 1.47. The van der Waals surface area contributed by atoms with E-state index in [-0.39, 0.29) is 11.9 Å². The third-order valence-corrected chi connectivity index (χ3v) is 4.01. The molecule has 0 saturated carbocycles. The Bertz CT molecular complexity index is 852. The van der Waals surface area contributed by atoms with Gasteiger partial charge in [-0.2, -0.15) is 0 Å². The first-order valence-corrected chi connectivity index (χ1v) is 7.17. The first-order chi connectivity index (χ1) is 10.8. The predicted octanol–water partition coefficient (Wildman–Crippen LogP) is 3.24. The molecular formula is C17H15N3O2. The highest BCUT2D eigenvalue weighted by Crippen LogP contribution is 2.31. The van der Waals surface area contributed by atoms with Gasteiger partial charge in [-0.3, -0.25) is 4.79 Å². The minimum atomic E-state index is -0.0669. The van der Waals surface area contributed by atoms with E-state index in [9.17, 15) is 4.79 Å².